The molecule has 0 bridgehead atoms. The fourth-order valence-electron chi connectivity index (χ4n) is 2.12. The van der Waals surface area contributed by atoms with E-state index in [4.69, 9.17) is 0 Å². The van der Waals surface area contributed by atoms with Crippen molar-refractivity contribution in [1.82, 2.24) is 5.32 Å². The molecular weight excluding hydrogens is 254 g/mol. The van der Waals surface area contributed by atoms with Crippen molar-refractivity contribution in [3.63, 3.8) is 0 Å². The van der Waals surface area contributed by atoms with Gasteiger partial charge in [-0.15, -0.1) is 0 Å². The van der Waals surface area contributed by atoms with Gasteiger partial charge < -0.3 is 15.2 Å². The summed E-state index contributed by atoms with van der Waals surface area (Å²) in [5.74, 6) is -0.147. The van der Waals surface area contributed by atoms with Crippen LogP contribution in [0.4, 0.5) is 0 Å². The van der Waals surface area contributed by atoms with Crippen LogP contribution >= 0.6 is 0 Å². The van der Waals surface area contributed by atoms with Crippen molar-refractivity contribution in [2.45, 2.75) is 90.2 Å². The van der Waals surface area contributed by atoms with Gasteiger partial charge in [0.1, 0.15) is 12.3 Å². The van der Waals surface area contributed by atoms with E-state index in [2.05, 4.69) is 12.2 Å². The van der Waals surface area contributed by atoms with Crippen LogP contribution in [0.3, 0.4) is 0 Å². The van der Waals surface area contributed by atoms with Crippen LogP contribution in [0.5, 0.6) is 0 Å². The van der Waals surface area contributed by atoms with E-state index in [0.717, 1.165) is 12.8 Å². The minimum Gasteiger partial charge on any atom is -0.391 e. The van der Waals surface area contributed by atoms with Gasteiger partial charge in [-0.25, -0.2) is 0 Å². The van der Waals surface area contributed by atoms with E-state index in [1.54, 1.807) is 0 Å². The number of hydrogen-bond donors (Lipinski definition) is 2. The molecular formula is C16H31NO3. The van der Waals surface area contributed by atoms with Crippen molar-refractivity contribution in [1.29, 1.82) is 0 Å². The van der Waals surface area contributed by atoms with E-state index in [1.165, 1.54) is 51.9 Å². The average molecular weight is 285 g/mol. The molecule has 0 fully saturated rings. The van der Waals surface area contributed by atoms with Gasteiger partial charge in [-0.1, -0.05) is 58.3 Å². The fraction of sp³-hybridized carbons (Fsp3) is 0.875. The summed E-state index contributed by atoms with van der Waals surface area (Å²) in [5.41, 5.74) is 0. The van der Waals surface area contributed by atoms with Gasteiger partial charge in [0.25, 0.3) is 0 Å². The highest BCUT2D eigenvalue weighted by atomic mass is 16.3. The Kier molecular flexibility index (Phi) is 12.5. The molecule has 0 aliphatic carbocycles. The van der Waals surface area contributed by atoms with Crippen LogP contribution in [-0.4, -0.2) is 29.4 Å². The molecule has 2 atom stereocenters. The maximum atomic E-state index is 11.5. The van der Waals surface area contributed by atoms with Gasteiger partial charge >= 0.3 is 0 Å². The molecule has 20 heavy (non-hydrogen) atoms. The highest BCUT2D eigenvalue weighted by molar-refractivity contribution is 5.79. The Morgan fingerprint density at radius 1 is 1.05 bits per heavy atom. The number of amides is 1. The summed E-state index contributed by atoms with van der Waals surface area (Å²) < 4.78 is 0. The van der Waals surface area contributed by atoms with Crippen LogP contribution in [0.1, 0.15) is 78.1 Å². The van der Waals surface area contributed by atoms with E-state index in [0.29, 0.717) is 12.7 Å². The Morgan fingerprint density at radius 2 is 1.55 bits per heavy atom. The molecule has 2 N–H and O–H groups in total. The average Bonchev–Trinajstić information content (AvgIpc) is 2.42. The van der Waals surface area contributed by atoms with E-state index in [9.17, 15) is 14.7 Å². The maximum Gasteiger partial charge on any atom is 0.220 e. The lowest BCUT2D eigenvalue weighted by Crippen LogP contribution is -2.43. The Morgan fingerprint density at radius 3 is 2.00 bits per heavy atom. The second-order valence-corrected chi connectivity index (χ2v) is 5.55. The molecule has 0 aromatic rings. The number of rotatable bonds is 13. The van der Waals surface area contributed by atoms with E-state index in [-0.39, 0.29) is 5.91 Å². The minimum atomic E-state index is -0.834. The second-order valence-electron chi connectivity index (χ2n) is 5.55. The quantitative estimate of drug-likeness (QED) is 0.404. The number of aldehydes is 1. The highest BCUT2D eigenvalue weighted by Crippen LogP contribution is 2.10. The van der Waals surface area contributed by atoms with Gasteiger partial charge in [-0.2, -0.15) is 0 Å². The predicted molar refractivity (Wildman–Crippen MR) is 81.5 cm³/mol. The summed E-state index contributed by atoms with van der Waals surface area (Å²) in [5, 5.41) is 11.8. The van der Waals surface area contributed by atoms with E-state index >= 15 is 0 Å². The lowest BCUT2D eigenvalue weighted by Gasteiger charge is -2.15. The molecule has 4 heteroatoms. The fourth-order valence-corrected chi connectivity index (χ4v) is 2.12. The summed E-state index contributed by atoms with van der Waals surface area (Å²) in [6.45, 7) is 3.72. The lowest BCUT2D eigenvalue weighted by molar-refractivity contribution is -0.125. The normalized spacial score (nSPS) is 13.8. The highest BCUT2D eigenvalue weighted by Gasteiger charge is 2.15. The minimum absolute atomic E-state index is 0.147. The van der Waals surface area contributed by atoms with E-state index in [1.807, 2.05) is 0 Å². The van der Waals surface area contributed by atoms with Gasteiger partial charge in [0, 0.05) is 6.42 Å². The molecule has 0 aliphatic heterocycles. The molecule has 1 amide bonds. The number of carbonyl (C=O) groups excluding carboxylic acids is 2. The monoisotopic (exact) mass is 285 g/mol. The van der Waals surface area contributed by atoms with Crippen molar-refractivity contribution in [3.8, 4) is 0 Å². The van der Waals surface area contributed by atoms with Crippen molar-refractivity contribution in [2.75, 3.05) is 0 Å². The topological polar surface area (TPSA) is 66.4 Å². The van der Waals surface area contributed by atoms with E-state index < -0.39 is 12.1 Å². The maximum absolute atomic E-state index is 11.5. The number of aliphatic hydroxyl groups is 1. The SMILES string of the molecule is CCCCCCCCCCCC(=O)N[C@H](C=O)[C@@H](C)O. The molecule has 0 spiro atoms. The number of carbonyl (C=O) groups is 2. The standard InChI is InChI=1S/C16H31NO3/c1-3-4-5-6-7-8-9-10-11-12-16(20)17-15(13-18)14(2)19/h13-15,19H,3-12H2,1-2H3,(H,17,20)/t14-,15-/m1/s1. The predicted octanol–water partition coefficient (Wildman–Crippen LogP) is 2.97. The van der Waals surface area contributed by atoms with Gasteiger partial charge in [0.2, 0.25) is 5.91 Å². The molecule has 0 rings (SSSR count). The smallest absolute Gasteiger partial charge is 0.220 e. The molecule has 4 nitrogen and oxygen atoms in total. The zero-order valence-corrected chi connectivity index (χ0v) is 13.1. The molecule has 0 aliphatic rings. The third kappa shape index (κ3) is 11.0. The first-order valence-corrected chi connectivity index (χ1v) is 8.04. The van der Waals surface area contributed by atoms with Crippen LogP contribution in [0, 0.1) is 0 Å². The van der Waals surface area contributed by atoms with Gasteiger partial charge in [0.05, 0.1) is 6.10 Å². The first-order valence-electron chi connectivity index (χ1n) is 8.04. The van der Waals surface area contributed by atoms with Crippen molar-refractivity contribution in [3.05, 3.63) is 0 Å². The molecule has 0 saturated carbocycles. The zero-order chi connectivity index (χ0) is 15.2. The molecule has 0 aromatic heterocycles. The number of aliphatic hydroxyl groups excluding tert-OH is 1. The first-order chi connectivity index (χ1) is 9.61. The van der Waals surface area contributed by atoms with Crippen molar-refractivity contribution >= 4 is 12.2 Å². The molecule has 118 valence electrons. The number of unbranched alkanes of at least 4 members (excludes halogenated alkanes) is 8. The van der Waals surface area contributed by atoms with Crippen molar-refractivity contribution < 1.29 is 14.7 Å². The van der Waals surface area contributed by atoms with Gasteiger partial charge in [0.15, 0.2) is 0 Å². The summed E-state index contributed by atoms with van der Waals surface area (Å²) in [7, 11) is 0. The lowest BCUT2D eigenvalue weighted by atomic mass is 10.1. The second kappa shape index (κ2) is 13.1. The molecule has 0 aromatic carbocycles. The van der Waals surface area contributed by atoms with Crippen molar-refractivity contribution in [2.24, 2.45) is 0 Å². The third-order valence-corrected chi connectivity index (χ3v) is 3.50. The molecule has 0 heterocycles. The third-order valence-electron chi connectivity index (χ3n) is 3.50. The summed E-state index contributed by atoms with van der Waals surface area (Å²) in [6.07, 6.45) is 11.1. The Hall–Kier alpha value is -0.900. The first kappa shape index (κ1) is 19.1. The van der Waals surface area contributed by atoms with Gasteiger partial charge in [-0.3, -0.25) is 4.79 Å². The Labute approximate surface area is 123 Å². The summed E-state index contributed by atoms with van der Waals surface area (Å²) >= 11 is 0. The summed E-state index contributed by atoms with van der Waals surface area (Å²) in [4.78, 5) is 22.2. The number of hydrogen-bond acceptors (Lipinski definition) is 3. The van der Waals surface area contributed by atoms with Crippen LogP contribution in [0.2, 0.25) is 0 Å². The van der Waals surface area contributed by atoms with Gasteiger partial charge in [-0.05, 0) is 13.3 Å². The van der Waals surface area contributed by atoms with Crippen LogP contribution in [-0.2, 0) is 9.59 Å². The molecule has 0 saturated heterocycles. The number of nitrogens with one attached hydrogen (secondary N) is 1. The van der Waals surface area contributed by atoms with Crippen LogP contribution < -0.4 is 5.32 Å². The van der Waals surface area contributed by atoms with Crippen LogP contribution in [0.15, 0.2) is 0 Å². The molecule has 0 unspecified atom stereocenters. The molecule has 0 radical (unpaired) electrons. The zero-order valence-electron chi connectivity index (χ0n) is 13.1. The Bertz CT molecular complexity index is 254. The Balaban J connectivity index is 3.41. The van der Waals surface area contributed by atoms with Crippen LogP contribution in [0.25, 0.3) is 0 Å². The largest absolute Gasteiger partial charge is 0.391 e. The summed E-state index contributed by atoms with van der Waals surface area (Å²) in [6, 6.07) is -0.777.